The molecule has 0 radical (unpaired) electrons. The topological polar surface area (TPSA) is 34.1 Å². The van der Waals surface area contributed by atoms with Gasteiger partial charge in [0.15, 0.2) is 5.78 Å². The van der Waals surface area contributed by atoms with Crippen LogP contribution in [0.3, 0.4) is 0 Å². The van der Waals surface area contributed by atoms with Gasteiger partial charge in [-0.1, -0.05) is 33.3 Å². The van der Waals surface area contributed by atoms with E-state index in [9.17, 15) is 9.59 Å². The number of carbonyl (C=O) groups excluding carboxylic acids is 2. The number of allylic oxidation sites excluding steroid dienone is 2. The van der Waals surface area contributed by atoms with E-state index in [1.807, 2.05) is 0 Å². The lowest BCUT2D eigenvalue weighted by atomic mass is 9.50. The normalized spacial score (nSPS) is 28.7. The summed E-state index contributed by atoms with van der Waals surface area (Å²) in [4.78, 5) is 23.4. The molecule has 1 atom stereocenters. The second kappa shape index (κ2) is 4.04. The van der Waals surface area contributed by atoms with E-state index in [1.165, 1.54) is 5.57 Å². The van der Waals surface area contributed by atoms with Crippen molar-refractivity contribution in [3.63, 3.8) is 0 Å². The highest BCUT2D eigenvalue weighted by atomic mass is 16.1. The Morgan fingerprint density at radius 1 is 1.22 bits per heavy atom. The first kappa shape index (κ1) is 13.5. The zero-order valence-corrected chi connectivity index (χ0v) is 12.2. The maximum Gasteiger partial charge on any atom is 0.159 e. The van der Waals surface area contributed by atoms with Gasteiger partial charge in [-0.15, -0.1) is 0 Å². The summed E-state index contributed by atoms with van der Waals surface area (Å²) in [5, 5.41) is 0. The largest absolute Gasteiger partial charge is 0.300 e. The average Bonchev–Trinajstić information content (AvgIpc) is 2.12. The molecular formula is C16H24O2. The minimum atomic E-state index is -0.0155. The van der Waals surface area contributed by atoms with Crippen LogP contribution in [0.15, 0.2) is 11.1 Å². The molecule has 2 rings (SSSR count). The summed E-state index contributed by atoms with van der Waals surface area (Å²) in [5.41, 5.74) is 2.51. The van der Waals surface area contributed by atoms with E-state index in [1.54, 1.807) is 6.92 Å². The monoisotopic (exact) mass is 248 g/mol. The van der Waals surface area contributed by atoms with E-state index in [0.717, 1.165) is 18.4 Å². The van der Waals surface area contributed by atoms with Crippen molar-refractivity contribution in [2.24, 2.45) is 16.7 Å². The Kier molecular flexibility index (Phi) is 3.03. The first-order valence-corrected chi connectivity index (χ1v) is 6.91. The first-order valence-electron chi connectivity index (χ1n) is 6.91. The Balaban J connectivity index is 2.25. The minimum Gasteiger partial charge on any atom is -0.300 e. The molecule has 100 valence electrons. The van der Waals surface area contributed by atoms with Crippen LogP contribution >= 0.6 is 0 Å². The van der Waals surface area contributed by atoms with Crippen LogP contribution in [-0.2, 0) is 9.59 Å². The third kappa shape index (κ3) is 2.06. The fourth-order valence-corrected chi connectivity index (χ4v) is 3.85. The van der Waals surface area contributed by atoms with Crippen molar-refractivity contribution in [3.8, 4) is 0 Å². The summed E-state index contributed by atoms with van der Waals surface area (Å²) in [5.74, 6) is 1.02. The Morgan fingerprint density at radius 2 is 1.83 bits per heavy atom. The summed E-state index contributed by atoms with van der Waals surface area (Å²) in [7, 11) is 0. The first-order chi connectivity index (χ1) is 8.15. The molecule has 0 fully saturated rings. The summed E-state index contributed by atoms with van der Waals surface area (Å²) in [6.45, 7) is 10.3. The molecule has 0 saturated carbocycles. The lowest BCUT2D eigenvalue weighted by Crippen LogP contribution is -2.47. The smallest absolute Gasteiger partial charge is 0.159 e. The van der Waals surface area contributed by atoms with Gasteiger partial charge in [0, 0.05) is 18.4 Å². The fourth-order valence-electron chi connectivity index (χ4n) is 3.85. The van der Waals surface area contributed by atoms with Crippen molar-refractivity contribution in [2.45, 2.75) is 60.3 Å². The number of carbonyl (C=O) groups is 2. The van der Waals surface area contributed by atoms with Crippen LogP contribution in [0.5, 0.6) is 0 Å². The van der Waals surface area contributed by atoms with Gasteiger partial charge >= 0.3 is 0 Å². The van der Waals surface area contributed by atoms with E-state index < -0.39 is 0 Å². The van der Waals surface area contributed by atoms with Crippen molar-refractivity contribution in [3.05, 3.63) is 11.1 Å². The van der Waals surface area contributed by atoms with Gasteiger partial charge in [-0.3, -0.25) is 4.79 Å². The molecule has 0 aromatic heterocycles. The number of hydrogen-bond donors (Lipinski definition) is 0. The van der Waals surface area contributed by atoms with Crippen molar-refractivity contribution in [1.29, 1.82) is 0 Å². The fraction of sp³-hybridized carbons (Fsp3) is 0.750. The Labute approximate surface area is 110 Å². The van der Waals surface area contributed by atoms with Gasteiger partial charge < -0.3 is 4.79 Å². The number of hydrogen-bond acceptors (Lipinski definition) is 2. The van der Waals surface area contributed by atoms with Gasteiger partial charge in [0.05, 0.1) is 0 Å². The minimum absolute atomic E-state index is 0.0155. The van der Waals surface area contributed by atoms with Crippen LogP contribution in [0.25, 0.3) is 0 Å². The predicted octanol–water partition coefficient (Wildman–Crippen LogP) is 3.70. The van der Waals surface area contributed by atoms with Gasteiger partial charge in [0.2, 0.25) is 0 Å². The lowest BCUT2D eigenvalue weighted by Gasteiger charge is -2.53. The quantitative estimate of drug-likeness (QED) is 0.763. The van der Waals surface area contributed by atoms with E-state index in [0.29, 0.717) is 24.5 Å². The van der Waals surface area contributed by atoms with Crippen molar-refractivity contribution in [1.82, 2.24) is 0 Å². The van der Waals surface area contributed by atoms with Gasteiger partial charge in [0.1, 0.15) is 5.78 Å². The molecule has 2 nitrogen and oxygen atoms in total. The molecule has 0 amide bonds. The zero-order chi connectivity index (χ0) is 13.7. The van der Waals surface area contributed by atoms with E-state index in [4.69, 9.17) is 0 Å². The lowest BCUT2D eigenvalue weighted by molar-refractivity contribution is -0.121. The highest BCUT2D eigenvalue weighted by Gasteiger charge is 2.52. The molecule has 0 aromatic rings. The van der Waals surface area contributed by atoms with E-state index in [-0.39, 0.29) is 16.6 Å². The third-order valence-electron chi connectivity index (χ3n) is 4.63. The molecule has 0 N–H and O–H groups in total. The number of ketones is 2. The molecule has 0 bridgehead atoms. The molecule has 2 heteroatoms. The molecule has 18 heavy (non-hydrogen) atoms. The van der Waals surface area contributed by atoms with Gasteiger partial charge in [-0.2, -0.15) is 0 Å². The Bertz CT molecular complexity index is 438. The van der Waals surface area contributed by atoms with Crippen LogP contribution in [0.4, 0.5) is 0 Å². The standard InChI is InChI=1S/C16H24O2/c1-10(17)6-7-12-11-8-15(2,3)9-13(18)14(11)16(12,4)5/h12H,6-9H2,1-5H3/t12-/m0/s1. The second-order valence-corrected chi connectivity index (χ2v) is 7.36. The highest BCUT2D eigenvalue weighted by molar-refractivity contribution is 6.01. The van der Waals surface area contributed by atoms with Crippen molar-refractivity contribution < 1.29 is 9.59 Å². The SMILES string of the molecule is CC(=O)CC[C@H]1C2=C(C(=O)CC(C)(C)C2)C1(C)C. The zero-order valence-electron chi connectivity index (χ0n) is 12.2. The van der Waals surface area contributed by atoms with Crippen LogP contribution in [0.1, 0.15) is 60.3 Å². The molecule has 2 aliphatic carbocycles. The average molecular weight is 248 g/mol. The maximum atomic E-state index is 12.2. The molecule has 0 aromatic carbocycles. The molecule has 0 aliphatic heterocycles. The van der Waals surface area contributed by atoms with Crippen LogP contribution in [0, 0.1) is 16.7 Å². The maximum absolute atomic E-state index is 12.2. The third-order valence-corrected chi connectivity index (χ3v) is 4.63. The summed E-state index contributed by atoms with van der Waals surface area (Å²) in [6.07, 6.45) is 3.25. The molecule has 0 spiro atoms. The van der Waals surface area contributed by atoms with Crippen LogP contribution in [0.2, 0.25) is 0 Å². The molecular weight excluding hydrogens is 224 g/mol. The van der Waals surface area contributed by atoms with Crippen molar-refractivity contribution in [2.75, 3.05) is 0 Å². The molecule has 0 heterocycles. The number of rotatable bonds is 3. The summed E-state index contributed by atoms with van der Waals surface area (Å²) in [6, 6.07) is 0. The van der Waals surface area contributed by atoms with Gasteiger partial charge in [0.25, 0.3) is 0 Å². The Hall–Kier alpha value is -0.920. The van der Waals surface area contributed by atoms with E-state index >= 15 is 0 Å². The van der Waals surface area contributed by atoms with Gasteiger partial charge in [-0.05, 0) is 36.5 Å². The summed E-state index contributed by atoms with van der Waals surface area (Å²) >= 11 is 0. The second-order valence-electron chi connectivity index (χ2n) is 7.36. The molecule has 2 aliphatic rings. The Morgan fingerprint density at radius 3 is 2.39 bits per heavy atom. The van der Waals surface area contributed by atoms with Gasteiger partial charge in [-0.25, -0.2) is 0 Å². The number of Topliss-reactive ketones (excluding diaryl/α,β-unsaturated/α-hetero) is 2. The highest BCUT2D eigenvalue weighted by Crippen LogP contribution is 2.59. The van der Waals surface area contributed by atoms with Crippen LogP contribution < -0.4 is 0 Å². The van der Waals surface area contributed by atoms with E-state index in [2.05, 4.69) is 27.7 Å². The molecule has 0 saturated heterocycles. The molecule has 0 unspecified atom stereocenters. The summed E-state index contributed by atoms with van der Waals surface area (Å²) < 4.78 is 0. The van der Waals surface area contributed by atoms with Crippen molar-refractivity contribution >= 4 is 11.6 Å². The predicted molar refractivity (Wildman–Crippen MR) is 72.2 cm³/mol. The van der Waals surface area contributed by atoms with Crippen LogP contribution in [-0.4, -0.2) is 11.6 Å².